The molecule has 2 aliphatic heterocycles. The van der Waals surface area contributed by atoms with Crippen LogP contribution in [0, 0.1) is 6.92 Å². The van der Waals surface area contributed by atoms with E-state index in [0.717, 1.165) is 11.5 Å². The van der Waals surface area contributed by atoms with E-state index >= 15 is 0 Å². The third-order valence-corrected chi connectivity index (χ3v) is 7.01. The highest BCUT2D eigenvalue weighted by Crippen LogP contribution is 2.38. The second kappa shape index (κ2) is 5.87. The summed E-state index contributed by atoms with van der Waals surface area (Å²) in [4.78, 5) is 11.3. The summed E-state index contributed by atoms with van der Waals surface area (Å²) in [5.74, 6) is 0. The predicted molar refractivity (Wildman–Crippen MR) is 96.1 cm³/mol. The van der Waals surface area contributed by atoms with Gasteiger partial charge >= 0.3 is 0 Å². The van der Waals surface area contributed by atoms with Gasteiger partial charge < -0.3 is 4.90 Å². The molecule has 126 valence electrons. The van der Waals surface area contributed by atoms with Crippen LogP contribution in [-0.2, 0) is 6.54 Å². The third-order valence-electron chi connectivity index (χ3n) is 6.25. The van der Waals surface area contributed by atoms with Crippen LogP contribution in [0.25, 0.3) is 4.96 Å². The van der Waals surface area contributed by atoms with E-state index in [1.807, 2.05) is 0 Å². The van der Waals surface area contributed by atoms with Crippen LogP contribution >= 0.6 is 11.3 Å². The number of imidazole rings is 1. The maximum absolute atomic E-state index is 4.75. The van der Waals surface area contributed by atoms with Crippen molar-refractivity contribution in [2.45, 2.75) is 64.1 Å². The Labute approximate surface area is 143 Å². The van der Waals surface area contributed by atoms with Crippen LogP contribution < -0.4 is 0 Å². The number of nitrogens with zero attached hydrogens (tertiary/aromatic N) is 4. The van der Waals surface area contributed by atoms with Gasteiger partial charge in [-0.25, -0.2) is 4.98 Å². The van der Waals surface area contributed by atoms with E-state index in [4.69, 9.17) is 4.98 Å². The first kappa shape index (κ1) is 15.6. The molecular weight excluding hydrogens is 304 g/mol. The lowest BCUT2D eigenvalue weighted by molar-refractivity contribution is 0.0435. The van der Waals surface area contributed by atoms with Crippen LogP contribution in [0.2, 0.25) is 0 Å². The molecule has 0 unspecified atom stereocenters. The molecule has 4 heterocycles. The van der Waals surface area contributed by atoms with Crippen molar-refractivity contribution in [3.63, 3.8) is 0 Å². The van der Waals surface area contributed by atoms with Crippen molar-refractivity contribution in [1.29, 1.82) is 0 Å². The summed E-state index contributed by atoms with van der Waals surface area (Å²) in [5, 5.41) is 2.15. The van der Waals surface area contributed by atoms with Crippen molar-refractivity contribution in [3.05, 3.63) is 23.0 Å². The van der Waals surface area contributed by atoms with Gasteiger partial charge in [-0.15, -0.1) is 11.3 Å². The highest BCUT2D eigenvalue weighted by atomic mass is 32.1. The molecule has 2 atom stereocenters. The van der Waals surface area contributed by atoms with Crippen molar-refractivity contribution in [2.75, 3.05) is 20.1 Å². The predicted octanol–water partition coefficient (Wildman–Crippen LogP) is 3.54. The van der Waals surface area contributed by atoms with Crippen molar-refractivity contribution in [3.8, 4) is 0 Å². The van der Waals surface area contributed by atoms with E-state index in [9.17, 15) is 0 Å². The molecule has 0 N–H and O–H groups in total. The van der Waals surface area contributed by atoms with Crippen LogP contribution in [0.15, 0.2) is 11.6 Å². The minimum Gasteiger partial charge on any atom is -0.302 e. The zero-order valence-electron chi connectivity index (χ0n) is 14.6. The largest absolute Gasteiger partial charge is 0.302 e. The van der Waals surface area contributed by atoms with Crippen LogP contribution in [0.4, 0.5) is 0 Å². The maximum Gasteiger partial charge on any atom is 0.194 e. The molecule has 2 aromatic rings. The van der Waals surface area contributed by atoms with Crippen molar-refractivity contribution in [1.82, 2.24) is 19.2 Å². The lowest BCUT2D eigenvalue weighted by Crippen LogP contribution is -2.55. The summed E-state index contributed by atoms with van der Waals surface area (Å²) in [6.07, 6.45) is 8.91. The van der Waals surface area contributed by atoms with Gasteiger partial charge in [-0.1, -0.05) is 12.8 Å². The molecule has 0 bridgehead atoms. The summed E-state index contributed by atoms with van der Waals surface area (Å²) in [6, 6.07) is 0.703. The van der Waals surface area contributed by atoms with Gasteiger partial charge in [0, 0.05) is 36.2 Å². The number of likely N-dealkylation sites (tertiary alicyclic amines) is 2. The average Bonchev–Trinajstić information content (AvgIpc) is 3.14. The van der Waals surface area contributed by atoms with Crippen molar-refractivity contribution in [2.24, 2.45) is 0 Å². The molecule has 0 amide bonds. The van der Waals surface area contributed by atoms with Crippen LogP contribution in [0.5, 0.6) is 0 Å². The Morgan fingerprint density at radius 3 is 3.04 bits per heavy atom. The Bertz CT molecular complexity index is 690. The molecule has 2 aliphatic rings. The first-order valence-corrected chi connectivity index (χ1v) is 9.84. The fraction of sp³-hybridized carbons (Fsp3) is 0.722. The number of thiazole rings is 1. The van der Waals surface area contributed by atoms with Crippen LogP contribution in [-0.4, -0.2) is 50.9 Å². The molecule has 0 radical (unpaired) electrons. The van der Waals surface area contributed by atoms with E-state index in [1.54, 1.807) is 11.3 Å². The second-order valence-corrected chi connectivity index (χ2v) is 8.45. The number of hydrogen-bond donors (Lipinski definition) is 0. The number of fused-ring (bicyclic) bond motifs is 2. The fourth-order valence-corrected chi connectivity index (χ4v) is 5.52. The molecular formula is C18H28N4S. The summed E-state index contributed by atoms with van der Waals surface area (Å²) in [6.45, 7) is 8.16. The Morgan fingerprint density at radius 2 is 2.17 bits per heavy atom. The summed E-state index contributed by atoms with van der Waals surface area (Å²) in [7, 11) is 2.32. The summed E-state index contributed by atoms with van der Waals surface area (Å²) in [5.41, 5.74) is 2.89. The van der Waals surface area contributed by atoms with Gasteiger partial charge in [0.1, 0.15) is 0 Å². The second-order valence-electron chi connectivity index (χ2n) is 7.57. The Kier molecular flexibility index (Phi) is 3.98. The SMILES string of the molecule is Cc1nc2sccn2c1CN1CCCCC[C@@H]2N(C)CC[C@@]21C. The minimum atomic E-state index is 0.307. The van der Waals surface area contributed by atoms with Gasteiger partial charge in [0.2, 0.25) is 0 Å². The molecule has 0 saturated carbocycles. The molecule has 4 rings (SSSR count). The zero-order valence-corrected chi connectivity index (χ0v) is 15.4. The van der Waals surface area contributed by atoms with E-state index in [2.05, 4.69) is 46.7 Å². The number of aryl methyl sites for hydroxylation is 1. The molecule has 0 spiro atoms. The molecule has 23 heavy (non-hydrogen) atoms. The smallest absolute Gasteiger partial charge is 0.194 e. The van der Waals surface area contributed by atoms with Crippen LogP contribution in [0.1, 0.15) is 50.4 Å². The van der Waals surface area contributed by atoms with Gasteiger partial charge in [-0.2, -0.15) is 0 Å². The number of hydrogen-bond acceptors (Lipinski definition) is 4. The number of aromatic nitrogens is 2. The minimum absolute atomic E-state index is 0.307. The molecule has 2 saturated heterocycles. The quantitative estimate of drug-likeness (QED) is 0.840. The van der Waals surface area contributed by atoms with E-state index in [1.165, 1.54) is 56.6 Å². The normalized spacial score (nSPS) is 30.5. The van der Waals surface area contributed by atoms with Crippen molar-refractivity contribution < 1.29 is 0 Å². The number of rotatable bonds is 2. The van der Waals surface area contributed by atoms with Gasteiger partial charge in [-0.3, -0.25) is 9.30 Å². The highest BCUT2D eigenvalue weighted by molar-refractivity contribution is 7.15. The molecule has 0 aliphatic carbocycles. The monoisotopic (exact) mass is 332 g/mol. The lowest BCUT2D eigenvalue weighted by atomic mass is 9.85. The van der Waals surface area contributed by atoms with Gasteiger partial charge in [0.05, 0.1) is 11.4 Å². The highest BCUT2D eigenvalue weighted by Gasteiger charge is 2.46. The first-order chi connectivity index (χ1) is 11.1. The van der Waals surface area contributed by atoms with E-state index < -0.39 is 0 Å². The fourth-order valence-electron chi connectivity index (χ4n) is 4.74. The van der Waals surface area contributed by atoms with Gasteiger partial charge in [-0.05, 0) is 46.7 Å². The van der Waals surface area contributed by atoms with Crippen molar-refractivity contribution >= 4 is 16.3 Å². The van der Waals surface area contributed by atoms with Gasteiger partial charge in [0.25, 0.3) is 0 Å². The summed E-state index contributed by atoms with van der Waals surface area (Å²) < 4.78 is 2.30. The summed E-state index contributed by atoms with van der Waals surface area (Å²) >= 11 is 1.74. The molecule has 4 nitrogen and oxygen atoms in total. The molecule has 0 aromatic carbocycles. The molecule has 5 heteroatoms. The van der Waals surface area contributed by atoms with E-state index in [0.29, 0.717) is 11.6 Å². The standard InChI is InChI=1S/C18H28N4S/c1-14-15(22-11-12-23-17(22)19-14)13-21-9-6-4-5-7-16-18(21,2)8-10-20(16)3/h11-12,16H,4-10,13H2,1-3H3/t16-,18-/m0/s1. The molecule has 2 fully saturated rings. The Morgan fingerprint density at radius 1 is 1.30 bits per heavy atom. The lowest BCUT2D eigenvalue weighted by Gasteiger charge is -2.45. The average molecular weight is 333 g/mol. The Hall–Kier alpha value is -0.910. The first-order valence-electron chi connectivity index (χ1n) is 8.96. The van der Waals surface area contributed by atoms with Gasteiger partial charge in [0.15, 0.2) is 4.96 Å². The third kappa shape index (κ3) is 2.53. The Balaban J connectivity index is 1.68. The van der Waals surface area contributed by atoms with E-state index in [-0.39, 0.29) is 0 Å². The molecule has 2 aromatic heterocycles. The number of likely N-dealkylation sites (N-methyl/N-ethyl adjacent to an activating group) is 1. The zero-order chi connectivity index (χ0) is 16.0. The maximum atomic E-state index is 4.75. The van der Waals surface area contributed by atoms with Crippen LogP contribution in [0.3, 0.4) is 0 Å². The topological polar surface area (TPSA) is 23.8 Å².